The average molecular weight is 266 g/mol. The van der Waals surface area contributed by atoms with Gasteiger partial charge in [-0.25, -0.2) is 4.79 Å². The maximum Gasteiger partial charge on any atom is 0.349 e. The summed E-state index contributed by atoms with van der Waals surface area (Å²) in [6, 6.07) is 7.10. The standard InChI is InChI=1S/C15H22O4/c1-5-6-11-18-14(16)15(2,3)19-13-9-7-12(17-4)8-10-13/h7-10H,5-6,11H2,1-4H3. The molecule has 19 heavy (non-hydrogen) atoms. The molecule has 1 rings (SSSR count). The molecule has 106 valence electrons. The number of rotatable bonds is 7. The minimum atomic E-state index is -0.998. The Kier molecular flexibility index (Phi) is 5.67. The van der Waals surface area contributed by atoms with E-state index in [0.29, 0.717) is 12.4 Å². The predicted molar refractivity (Wildman–Crippen MR) is 73.6 cm³/mol. The molecule has 0 aliphatic carbocycles. The molecule has 0 bridgehead atoms. The Bertz CT molecular complexity index is 395. The number of carbonyl (C=O) groups is 1. The van der Waals surface area contributed by atoms with Gasteiger partial charge in [-0.1, -0.05) is 13.3 Å². The second kappa shape index (κ2) is 7.02. The highest BCUT2D eigenvalue weighted by Gasteiger charge is 2.31. The normalized spacial score (nSPS) is 10.9. The highest BCUT2D eigenvalue weighted by molar-refractivity contribution is 5.79. The van der Waals surface area contributed by atoms with Crippen molar-refractivity contribution in [2.45, 2.75) is 39.2 Å². The Labute approximate surface area is 114 Å². The van der Waals surface area contributed by atoms with Crippen molar-refractivity contribution < 1.29 is 19.0 Å². The van der Waals surface area contributed by atoms with Gasteiger partial charge in [0, 0.05) is 0 Å². The molecular formula is C15H22O4. The summed E-state index contributed by atoms with van der Waals surface area (Å²) in [5.74, 6) is 1.01. The van der Waals surface area contributed by atoms with E-state index in [1.54, 1.807) is 45.2 Å². The van der Waals surface area contributed by atoms with Crippen molar-refractivity contribution in [1.29, 1.82) is 0 Å². The van der Waals surface area contributed by atoms with Crippen molar-refractivity contribution in [3.05, 3.63) is 24.3 Å². The van der Waals surface area contributed by atoms with Gasteiger partial charge in [0.1, 0.15) is 11.5 Å². The minimum absolute atomic E-state index is 0.350. The van der Waals surface area contributed by atoms with E-state index in [1.165, 1.54) is 0 Å². The molecule has 0 unspecified atom stereocenters. The van der Waals surface area contributed by atoms with E-state index < -0.39 is 5.60 Å². The summed E-state index contributed by atoms with van der Waals surface area (Å²) < 4.78 is 15.9. The topological polar surface area (TPSA) is 44.8 Å². The van der Waals surface area contributed by atoms with Crippen LogP contribution in [0.5, 0.6) is 11.5 Å². The number of esters is 1. The first-order valence-electron chi connectivity index (χ1n) is 6.50. The van der Waals surface area contributed by atoms with Gasteiger partial charge in [-0.3, -0.25) is 0 Å². The highest BCUT2D eigenvalue weighted by Crippen LogP contribution is 2.22. The summed E-state index contributed by atoms with van der Waals surface area (Å²) in [4.78, 5) is 11.9. The molecule has 0 aliphatic rings. The summed E-state index contributed by atoms with van der Waals surface area (Å²) in [5, 5.41) is 0. The monoisotopic (exact) mass is 266 g/mol. The molecule has 1 aromatic carbocycles. The predicted octanol–water partition coefficient (Wildman–Crippen LogP) is 3.20. The van der Waals surface area contributed by atoms with Gasteiger partial charge in [0.2, 0.25) is 0 Å². The molecule has 4 nitrogen and oxygen atoms in total. The van der Waals surface area contributed by atoms with Crippen LogP contribution >= 0.6 is 0 Å². The fourth-order valence-electron chi connectivity index (χ4n) is 1.46. The quantitative estimate of drug-likeness (QED) is 0.561. The van der Waals surface area contributed by atoms with Crippen molar-refractivity contribution in [3.63, 3.8) is 0 Å². The van der Waals surface area contributed by atoms with E-state index in [1.807, 2.05) is 6.92 Å². The van der Waals surface area contributed by atoms with Gasteiger partial charge in [-0.05, 0) is 44.5 Å². The third-order valence-electron chi connectivity index (χ3n) is 2.66. The lowest BCUT2D eigenvalue weighted by Gasteiger charge is -2.24. The van der Waals surface area contributed by atoms with Crippen LogP contribution in [0.4, 0.5) is 0 Å². The van der Waals surface area contributed by atoms with Crippen molar-refractivity contribution in [2.24, 2.45) is 0 Å². The lowest BCUT2D eigenvalue weighted by atomic mass is 10.1. The van der Waals surface area contributed by atoms with Crippen molar-refractivity contribution in [3.8, 4) is 11.5 Å². The Morgan fingerprint density at radius 3 is 2.26 bits per heavy atom. The van der Waals surface area contributed by atoms with E-state index in [0.717, 1.165) is 18.6 Å². The molecule has 0 fully saturated rings. The SMILES string of the molecule is CCCCOC(=O)C(C)(C)Oc1ccc(OC)cc1. The molecule has 0 aliphatic heterocycles. The zero-order valence-electron chi connectivity index (χ0n) is 12.1. The first-order chi connectivity index (χ1) is 8.99. The van der Waals surface area contributed by atoms with Crippen LogP contribution in [0.1, 0.15) is 33.6 Å². The van der Waals surface area contributed by atoms with Gasteiger partial charge in [-0.2, -0.15) is 0 Å². The van der Waals surface area contributed by atoms with E-state index in [-0.39, 0.29) is 5.97 Å². The number of hydrogen-bond acceptors (Lipinski definition) is 4. The molecule has 0 heterocycles. The largest absolute Gasteiger partial charge is 0.497 e. The first-order valence-corrected chi connectivity index (χ1v) is 6.50. The number of unbranched alkanes of at least 4 members (excludes halogenated alkanes) is 1. The van der Waals surface area contributed by atoms with Crippen LogP contribution < -0.4 is 9.47 Å². The van der Waals surface area contributed by atoms with E-state index in [4.69, 9.17) is 14.2 Å². The first kappa shape index (κ1) is 15.3. The number of carbonyl (C=O) groups excluding carboxylic acids is 1. The van der Waals surface area contributed by atoms with E-state index >= 15 is 0 Å². The van der Waals surface area contributed by atoms with Gasteiger partial charge in [0.05, 0.1) is 13.7 Å². The maximum absolute atomic E-state index is 11.9. The fraction of sp³-hybridized carbons (Fsp3) is 0.533. The zero-order chi connectivity index (χ0) is 14.3. The molecule has 0 saturated heterocycles. The molecule has 0 spiro atoms. The van der Waals surface area contributed by atoms with Crippen LogP contribution in [0.15, 0.2) is 24.3 Å². The lowest BCUT2D eigenvalue weighted by Crippen LogP contribution is -2.39. The van der Waals surface area contributed by atoms with Crippen LogP contribution in [0.25, 0.3) is 0 Å². The molecule has 0 atom stereocenters. The lowest BCUT2D eigenvalue weighted by molar-refractivity contribution is -0.159. The summed E-state index contributed by atoms with van der Waals surface area (Å²) in [5.41, 5.74) is -0.998. The number of hydrogen-bond donors (Lipinski definition) is 0. The highest BCUT2D eigenvalue weighted by atomic mass is 16.6. The molecule has 0 N–H and O–H groups in total. The Morgan fingerprint density at radius 1 is 1.16 bits per heavy atom. The molecule has 0 aromatic heterocycles. The zero-order valence-corrected chi connectivity index (χ0v) is 12.1. The second-order valence-corrected chi connectivity index (χ2v) is 4.78. The molecule has 4 heteroatoms. The Hall–Kier alpha value is -1.71. The van der Waals surface area contributed by atoms with E-state index in [2.05, 4.69) is 0 Å². The minimum Gasteiger partial charge on any atom is -0.497 e. The second-order valence-electron chi connectivity index (χ2n) is 4.78. The molecule has 0 radical (unpaired) electrons. The smallest absolute Gasteiger partial charge is 0.349 e. The van der Waals surface area contributed by atoms with Gasteiger partial charge < -0.3 is 14.2 Å². The van der Waals surface area contributed by atoms with Crippen molar-refractivity contribution in [1.82, 2.24) is 0 Å². The molecule has 0 saturated carbocycles. The Morgan fingerprint density at radius 2 is 1.74 bits per heavy atom. The van der Waals surface area contributed by atoms with Crippen LogP contribution in [0.2, 0.25) is 0 Å². The van der Waals surface area contributed by atoms with Gasteiger partial charge >= 0.3 is 5.97 Å². The maximum atomic E-state index is 11.9. The third-order valence-corrected chi connectivity index (χ3v) is 2.66. The average Bonchev–Trinajstić information content (AvgIpc) is 2.39. The van der Waals surface area contributed by atoms with Crippen LogP contribution in [0.3, 0.4) is 0 Å². The Balaban J connectivity index is 2.58. The summed E-state index contributed by atoms with van der Waals surface area (Å²) in [7, 11) is 1.60. The van der Waals surface area contributed by atoms with Crippen LogP contribution in [-0.2, 0) is 9.53 Å². The summed E-state index contributed by atoms with van der Waals surface area (Å²) in [6.45, 7) is 5.88. The fourth-order valence-corrected chi connectivity index (χ4v) is 1.46. The van der Waals surface area contributed by atoms with Crippen LogP contribution in [-0.4, -0.2) is 25.3 Å². The molecular weight excluding hydrogens is 244 g/mol. The number of methoxy groups -OCH3 is 1. The van der Waals surface area contributed by atoms with Gasteiger partial charge in [0.25, 0.3) is 0 Å². The van der Waals surface area contributed by atoms with E-state index in [9.17, 15) is 4.79 Å². The van der Waals surface area contributed by atoms with Crippen molar-refractivity contribution >= 4 is 5.97 Å². The number of benzene rings is 1. The summed E-state index contributed by atoms with van der Waals surface area (Å²) in [6.07, 6.45) is 1.86. The van der Waals surface area contributed by atoms with Gasteiger partial charge in [-0.15, -0.1) is 0 Å². The molecule has 0 amide bonds. The third kappa shape index (κ3) is 4.81. The summed E-state index contributed by atoms with van der Waals surface area (Å²) >= 11 is 0. The van der Waals surface area contributed by atoms with Crippen molar-refractivity contribution in [2.75, 3.05) is 13.7 Å². The van der Waals surface area contributed by atoms with Gasteiger partial charge in [0.15, 0.2) is 5.60 Å². The number of ether oxygens (including phenoxy) is 3. The molecule has 1 aromatic rings. The van der Waals surface area contributed by atoms with Crippen LogP contribution in [0, 0.1) is 0 Å².